The molecule has 96 heavy (non-hydrogen) atoms. The maximum Gasteiger partial charge on any atom is 0.305 e. The van der Waals surface area contributed by atoms with Crippen LogP contribution in [0, 0.1) is 29.6 Å². The fraction of sp³-hybridized carbons (Fsp3) is 0.797. The predicted octanol–water partition coefficient (Wildman–Crippen LogP) is -1.91. The second kappa shape index (κ2) is 38.0. The van der Waals surface area contributed by atoms with E-state index in [4.69, 9.17) is 11.5 Å². The number of nitrogens with zero attached hydrogens (tertiary/aromatic N) is 1. The minimum atomic E-state index is -1.90. The summed E-state index contributed by atoms with van der Waals surface area (Å²) in [5.41, 5.74) is 11.6. The Morgan fingerprint density at radius 1 is 0.604 bits per heavy atom. The Labute approximate surface area is 568 Å². The number of amides is 10. The van der Waals surface area contributed by atoms with Crippen LogP contribution in [0.25, 0.3) is 0 Å². The predicted molar refractivity (Wildman–Crippen MR) is 355 cm³/mol. The number of aliphatic carboxylic acids is 1. The Bertz CT molecular complexity index is 2720. The molecule has 3 aliphatic carbocycles. The molecule has 538 valence electrons. The first-order valence-corrected chi connectivity index (χ1v) is 37.0. The van der Waals surface area contributed by atoms with Gasteiger partial charge < -0.3 is 90.4 Å². The highest BCUT2D eigenvalue weighted by Gasteiger charge is 2.47. The largest absolute Gasteiger partial charge is 0.481 e. The van der Waals surface area contributed by atoms with E-state index in [2.05, 4.69) is 63.8 Å². The molecule has 0 aromatic carbocycles. The third kappa shape index (κ3) is 22.9. The van der Waals surface area contributed by atoms with Gasteiger partial charge in [-0.25, -0.2) is 8.78 Å². The number of thioether (sulfide) groups is 2. The van der Waals surface area contributed by atoms with Crippen molar-refractivity contribution in [1.82, 2.24) is 68.7 Å². The van der Waals surface area contributed by atoms with Gasteiger partial charge in [0.05, 0.1) is 19.1 Å². The van der Waals surface area contributed by atoms with Crippen molar-refractivity contribution in [2.24, 2.45) is 41.1 Å². The second-order valence-corrected chi connectivity index (χ2v) is 29.6. The third-order valence-corrected chi connectivity index (χ3v) is 22.4. The highest BCUT2D eigenvalue weighted by molar-refractivity contribution is 7.99. The monoisotopic (exact) mass is 1390 g/mol. The summed E-state index contributed by atoms with van der Waals surface area (Å²) < 4.78 is 30.3. The summed E-state index contributed by atoms with van der Waals surface area (Å²) in [6.07, 6.45) is 5.75. The van der Waals surface area contributed by atoms with Crippen LogP contribution in [0.2, 0.25) is 0 Å². The summed E-state index contributed by atoms with van der Waals surface area (Å²) in [7, 11) is 0. The van der Waals surface area contributed by atoms with Gasteiger partial charge in [0.1, 0.15) is 60.7 Å². The van der Waals surface area contributed by atoms with Crippen molar-refractivity contribution in [1.29, 1.82) is 0 Å². The van der Waals surface area contributed by atoms with Crippen LogP contribution in [0.3, 0.4) is 0 Å². The molecule has 10 amide bonds. The second-order valence-electron chi connectivity index (χ2n) is 27.4. The van der Waals surface area contributed by atoms with Gasteiger partial charge in [0, 0.05) is 67.3 Å². The number of carbonyl (C=O) groups excluding carboxylic acids is 10. The third-order valence-electron chi connectivity index (χ3n) is 20.5. The average molecular weight is 1390 g/mol. The number of alkyl halides is 2. The number of nitrogens with one attached hydrogen (secondary N) is 12. The maximum atomic E-state index is 15.2. The number of unbranched alkanes of at least 4 members (excludes halogenated alkanes) is 1. The van der Waals surface area contributed by atoms with E-state index in [1.165, 1.54) is 28.4 Å². The van der Waals surface area contributed by atoms with Crippen molar-refractivity contribution >= 4 is 88.6 Å². The van der Waals surface area contributed by atoms with Crippen molar-refractivity contribution in [2.75, 3.05) is 68.9 Å². The molecule has 7 fully saturated rings. The van der Waals surface area contributed by atoms with Gasteiger partial charge in [0.2, 0.25) is 59.1 Å². The summed E-state index contributed by atoms with van der Waals surface area (Å²) >= 11 is 2.79. The van der Waals surface area contributed by atoms with Gasteiger partial charge in [-0.05, 0) is 171 Å². The fourth-order valence-corrected chi connectivity index (χ4v) is 16.9. The smallest absolute Gasteiger partial charge is 0.305 e. The first kappa shape index (κ1) is 76.0. The van der Waals surface area contributed by atoms with Crippen LogP contribution in [-0.2, 0) is 52.7 Å². The highest BCUT2D eigenvalue weighted by Crippen LogP contribution is 2.40. The van der Waals surface area contributed by atoms with E-state index >= 15 is 23.2 Å². The van der Waals surface area contributed by atoms with E-state index in [1.54, 1.807) is 0 Å². The molecule has 0 aromatic heterocycles. The molecule has 3 saturated carbocycles. The average Bonchev–Trinajstić information content (AvgIpc) is 1.65. The molecule has 5 heterocycles. The molecule has 8 rings (SSSR count). The lowest BCUT2D eigenvalue weighted by Gasteiger charge is -2.34. The van der Waals surface area contributed by atoms with Gasteiger partial charge in [0.25, 0.3) is 0 Å². The highest BCUT2D eigenvalue weighted by atomic mass is 32.2. The van der Waals surface area contributed by atoms with Crippen LogP contribution in [0.5, 0.6) is 0 Å². The van der Waals surface area contributed by atoms with Gasteiger partial charge in [-0.2, -0.15) is 23.5 Å². The first-order valence-electron chi connectivity index (χ1n) is 34.7. The zero-order valence-electron chi connectivity index (χ0n) is 54.8. The Morgan fingerprint density at radius 2 is 1.19 bits per heavy atom. The molecule has 18 N–H and O–H groups in total. The lowest BCUT2D eigenvalue weighted by atomic mass is 9.76. The number of primary amides is 1. The summed E-state index contributed by atoms with van der Waals surface area (Å²) in [5.74, 6) is -9.21. The quantitative estimate of drug-likeness (QED) is 0.0628. The van der Waals surface area contributed by atoms with Gasteiger partial charge in [-0.1, -0.05) is 12.2 Å². The molecule has 0 aromatic rings. The van der Waals surface area contributed by atoms with Crippen LogP contribution in [0.1, 0.15) is 135 Å². The number of fused-ring (bicyclic) bond motifs is 3. The molecule has 5 aliphatic heterocycles. The topological polar surface area (TPSA) is 428 Å². The van der Waals surface area contributed by atoms with Crippen LogP contribution in [0.15, 0.2) is 12.2 Å². The summed E-state index contributed by atoms with van der Waals surface area (Å²) in [6.45, 7) is 1.20. The maximum absolute atomic E-state index is 15.2. The number of hydrogen-bond donors (Lipinski definition) is 16. The van der Waals surface area contributed by atoms with E-state index in [0.717, 1.165) is 0 Å². The Kier molecular flexibility index (Phi) is 30.1. The van der Waals surface area contributed by atoms with Crippen molar-refractivity contribution in [3.8, 4) is 0 Å². The zero-order chi connectivity index (χ0) is 68.8. The molecular formula is C64H103F2N15O13S2. The molecule has 8 aliphatic rings. The molecule has 0 radical (unpaired) electrons. The molecule has 28 nitrogen and oxygen atoms in total. The molecular weight excluding hydrogens is 1290 g/mol. The van der Waals surface area contributed by atoms with E-state index in [1.807, 2.05) is 12.2 Å². The van der Waals surface area contributed by atoms with Crippen LogP contribution < -0.4 is 75.3 Å². The number of nitrogens with two attached hydrogens (primary N) is 2. The SMILES string of the molecule is NCCCC[C@@H]1NC(=O)CCSC/C=C/CSC[C@@H](C(N)=O)NC(=O)[C@@H]2CCCN2C(=O)[C@H](CC2CCC(O)CC2)NC(=O)[C@H](CC2CNCN2)NC(=O)[C@H](CC(=O)O)NC(=O)[C@H](CC2CNC3CCC(F)CC23)NC(=O)[C@H](CC2CNC3CCC(F)CC23)NC(=O)CNC1=O. The number of carboxylic acid groups (broad SMARTS) is 1. The number of halogens is 2. The minimum absolute atomic E-state index is 0.0368. The molecule has 0 bridgehead atoms. The molecule has 32 heteroatoms. The van der Waals surface area contributed by atoms with Gasteiger partial charge in [-0.15, -0.1) is 0 Å². The Balaban J connectivity index is 1.10. The van der Waals surface area contributed by atoms with Crippen LogP contribution in [0.4, 0.5) is 8.78 Å². The number of carboxylic acids is 1. The standard InChI is InChI=1S/C64H103F2N15O13S2/c65-38-10-14-44-42(25-38)36(29-70-44)23-47-59(89)76-48(24-37-30-71-45-15-11-39(66)26-43(37)45)60(90)78-50(28-56(85)86)62(92)77-49(27-40-31-69-34-73-40)61(91)79-51(22-35-8-12-41(82)13-9-35)64(94)81-18-5-7-53(81)63(93)80-52(57(68)87)33-96-20-4-3-19-95-21-16-54(83)74-46(6-1-2-17-67)58(88)72-32-55(84)75-47/h3-4,35-53,69-71,73,82H,1-2,5-34,67H2,(H2,68,87)(H,72,88)(H,74,83)(H,75,84)(H,76,89)(H,77,92)(H,78,90)(H,79,91)(H,80,93)(H,85,86)/b4-3+/t35?,36?,37?,38?,39?,40?,41?,42?,43?,44?,45?,46-,47-,48-,49-,50-,51-,52-,53-/m0/s1. The van der Waals surface area contributed by atoms with Gasteiger partial charge >= 0.3 is 5.97 Å². The molecule has 17 atom stereocenters. The number of carbonyl (C=O) groups is 11. The summed E-state index contributed by atoms with van der Waals surface area (Å²) in [4.78, 5) is 157. The van der Waals surface area contributed by atoms with E-state index in [0.29, 0.717) is 121 Å². The Morgan fingerprint density at radius 3 is 1.79 bits per heavy atom. The zero-order valence-corrected chi connectivity index (χ0v) is 56.4. The summed E-state index contributed by atoms with van der Waals surface area (Å²) in [6, 6.07) is -11.4. The Hall–Kier alpha value is -5.77. The lowest BCUT2D eigenvalue weighted by Crippen LogP contribution is -2.61. The van der Waals surface area contributed by atoms with Crippen molar-refractivity contribution in [3.63, 3.8) is 0 Å². The van der Waals surface area contributed by atoms with Crippen molar-refractivity contribution in [2.45, 2.75) is 220 Å². The minimum Gasteiger partial charge on any atom is -0.481 e. The molecule has 9 unspecified atom stereocenters. The number of aliphatic hydroxyl groups is 1. The fourth-order valence-electron chi connectivity index (χ4n) is 15.2. The van der Waals surface area contributed by atoms with Gasteiger partial charge in [0.15, 0.2) is 0 Å². The normalized spacial score (nSPS) is 36.3. The van der Waals surface area contributed by atoms with Crippen LogP contribution >= 0.6 is 23.5 Å². The first-order chi connectivity index (χ1) is 46.1. The van der Waals surface area contributed by atoms with Crippen LogP contribution in [-0.4, -0.2) is 234 Å². The van der Waals surface area contributed by atoms with E-state index in [9.17, 15) is 48.6 Å². The van der Waals surface area contributed by atoms with Gasteiger partial charge in [-0.3, -0.25) is 52.7 Å². The van der Waals surface area contributed by atoms with Crippen molar-refractivity contribution < 1.29 is 71.7 Å². The van der Waals surface area contributed by atoms with E-state index in [-0.39, 0.29) is 106 Å². The number of hydrogen-bond acceptors (Lipinski definition) is 19. The summed E-state index contributed by atoms with van der Waals surface area (Å²) in [5, 5.41) is 55.8. The molecule has 4 saturated heterocycles. The van der Waals surface area contributed by atoms with E-state index < -0.39 is 157 Å². The molecule has 0 spiro atoms. The lowest BCUT2D eigenvalue weighted by molar-refractivity contribution is -0.143. The van der Waals surface area contributed by atoms with Crippen molar-refractivity contribution in [3.05, 3.63) is 12.2 Å². The number of rotatable bonds is 15. The number of aliphatic hydroxyl groups excluding tert-OH is 1.